The highest BCUT2D eigenvalue weighted by molar-refractivity contribution is 5.99. The van der Waals surface area contributed by atoms with Gasteiger partial charge in [0.05, 0.1) is 6.61 Å². The largest absolute Gasteiger partial charge is 0.394 e. The quantitative estimate of drug-likeness (QED) is 0.834. The molecule has 0 radical (unpaired) electrons. The van der Waals surface area contributed by atoms with Crippen LogP contribution in [-0.4, -0.2) is 36.8 Å². The predicted molar refractivity (Wildman–Crippen MR) is 71.8 cm³/mol. The summed E-state index contributed by atoms with van der Waals surface area (Å²) in [5, 5.41) is 12.2. The Morgan fingerprint density at radius 2 is 2.28 bits per heavy atom. The van der Waals surface area contributed by atoms with Crippen LogP contribution in [0.25, 0.3) is 0 Å². The number of piperazine rings is 1. The molecule has 0 aromatic heterocycles. The lowest BCUT2D eigenvalue weighted by molar-refractivity contribution is -0.122. The van der Waals surface area contributed by atoms with Gasteiger partial charge in [-0.05, 0) is 24.5 Å². The van der Waals surface area contributed by atoms with E-state index < -0.39 is 6.04 Å². The zero-order valence-corrected chi connectivity index (χ0v) is 10.9. The van der Waals surface area contributed by atoms with Gasteiger partial charge in [-0.1, -0.05) is 25.1 Å². The Bertz CT molecular complexity index is 445. The summed E-state index contributed by atoms with van der Waals surface area (Å²) in [4.78, 5) is 14.1. The van der Waals surface area contributed by atoms with Crippen LogP contribution in [0.5, 0.6) is 0 Å². The first kappa shape index (κ1) is 13.1. The predicted octanol–water partition coefficient (Wildman–Crippen LogP) is 0.855. The van der Waals surface area contributed by atoms with E-state index in [0.29, 0.717) is 13.1 Å². The molecule has 1 heterocycles. The van der Waals surface area contributed by atoms with Gasteiger partial charge in [-0.15, -0.1) is 0 Å². The van der Waals surface area contributed by atoms with Crippen LogP contribution in [0.15, 0.2) is 18.2 Å². The van der Waals surface area contributed by atoms with Crippen LogP contribution in [0.1, 0.15) is 18.1 Å². The minimum Gasteiger partial charge on any atom is -0.394 e. The number of benzene rings is 1. The molecular weight excluding hydrogens is 228 g/mol. The Kier molecular flexibility index (Phi) is 3.99. The number of hydrogen-bond acceptors (Lipinski definition) is 3. The minimum absolute atomic E-state index is 0.0345. The maximum Gasteiger partial charge on any atom is 0.246 e. The number of aliphatic hydroxyl groups excluding tert-OH is 1. The number of carbonyl (C=O) groups excluding carboxylic acids is 1. The fourth-order valence-electron chi connectivity index (χ4n) is 2.49. The number of carbonyl (C=O) groups is 1. The van der Waals surface area contributed by atoms with Gasteiger partial charge in [0, 0.05) is 18.8 Å². The highest BCUT2D eigenvalue weighted by Crippen LogP contribution is 2.27. The summed E-state index contributed by atoms with van der Waals surface area (Å²) in [7, 11) is 0. The average molecular weight is 248 g/mol. The van der Waals surface area contributed by atoms with E-state index in [1.165, 1.54) is 5.56 Å². The molecule has 0 spiro atoms. The molecule has 1 aliphatic heterocycles. The normalized spacial score (nSPS) is 20.3. The molecule has 1 aliphatic rings. The average Bonchev–Trinajstić information content (AvgIpc) is 2.39. The number of aliphatic hydroxyl groups is 1. The van der Waals surface area contributed by atoms with Crippen molar-refractivity contribution in [3.05, 3.63) is 29.3 Å². The molecule has 1 aromatic carbocycles. The van der Waals surface area contributed by atoms with Crippen molar-refractivity contribution in [2.24, 2.45) is 0 Å². The monoisotopic (exact) mass is 248 g/mol. The fourth-order valence-corrected chi connectivity index (χ4v) is 2.49. The standard InChI is InChI=1S/C14H20N2O2/c1-3-11-6-4-5-10(2)13(11)16-8-7-15-12(9-17)14(16)18/h4-6,12,15,17H,3,7-9H2,1-2H3. The van der Waals surface area contributed by atoms with Crippen molar-refractivity contribution >= 4 is 11.6 Å². The van der Waals surface area contributed by atoms with Crippen LogP contribution < -0.4 is 10.2 Å². The second-order valence-corrected chi connectivity index (χ2v) is 4.62. The third-order valence-corrected chi connectivity index (χ3v) is 3.44. The SMILES string of the molecule is CCc1cccc(C)c1N1CCNC(CO)C1=O. The molecule has 0 saturated carbocycles. The Labute approximate surface area is 108 Å². The third kappa shape index (κ3) is 2.26. The molecule has 1 saturated heterocycles. The Hall–Kier alpha value is -1.39. The molecule has 0 aliphatic carbocycles. The molecule has 4 nitrogen and oxygen atoms in total. The molecule has 98 valence electrons. The van der Waals surface area contributed by atoms with Gasteiger partial charge in [-0.3, -0.25) is 4.79 Å². The van der Waals surface area contributed by atoms with E-state index in [2.05, 4.69) is 18.3 Å². The van der Waals surface area contributed by atoms with E-state index in [4.69, 9.17) is 0 Å². The van der Waals surface area contributed by atoms with Crippen molar-refractivity contribution in [2.75, 3.05) is 24.6 Å². The molecule has 1 atom stereocenters. The minimum atomic E-state index is -0.469. The molecule has 1 aromatic rings. The van der Waals surface area contributed by atoms with E-state index in [0.717, 1.165) is 17.7 Å². The van der Waals surface area contributed by atoms with E-state index in [9.17, 15) is 9.90 Å². The second kappa shape index (κ2) is 5.50. The number of nitrogens with zero attached hydrogens (tertiary/aromatic N) is 1. The van der Waals surface area contributed by atoms with Crippen molar-refractivity contribution in [2.45, 2.75) is 26.3 Å². The lowest BCUT2D eigenvalue weighted by Gasteiger charge is -2.34. The topological polar surface area (TPSA) is 52.6 Å². The van der Waals surface area contributed by atoms with Crippen LogP contribution in [0.3, 0.4) is 0 Å². The highest BCUT2D eigenvalue weighted by Gasteiger charge is 2.30. The van der Waals surface area contributed by atoms with Gasteiger partial charge in [-0.25, -0.2) is 0 Å². The van der Waals surface area contributed by atoms with Crippen molar-refractivity contribution in [3.63, 3.8) is 0 Å². The van der Waals surface area contributed by atoms with E-state index in [1.807, 2.05) is 24.0 Å². The van der Waals surface area contributed by atoms with Crippen molar-refractivity contribution in [1.82, 2.24) is 5.32 Å². The lowest BCUT2D eigenvalue weighted by Crippen LogP contribution is -2.57. The van der Waals surface area contributed by atoms with Gasteiger partial charge < -0.3 is 15.3 Å². The molecule has 4 heteroatoms. The summed E-state index contributed by atoms with van der Waals surface area (Å²) < 4.78 is 0. The van der Waals surface area contributed by atoms with Crippen molar-refractivity contribution in [1.29, 1.82) is 0 Å². The molecule has 1 fully saturated rings. The first-order valence-electron chi connectivity index (χ1n) is 6.43. The fraction of sp³-hybridized carbons (Fsp3) is 0.500. The summed E-state index contributed by atoms with van der Waals surface area (Å²) in [5.41, 5.74) is 3.31. The highest BCUT2D eigenvalue weighted by atomic mass is 16.3. The molecule has 0 bridgehead atoms. The maximum atomic E-state index is 12.3. The summed E-state index contributed by atoms with van der Waals surface area (Å²) in [6, 6.07) is 5.64. The molecule has 18 heavy (non-hydrogen) atoms. The zero-order valence-electron chi connectivity index (χ0n) is 10.9. The van der Waals surface area contributed by atoms with E-state index >= 15 is 0 Å². The van der Waals surface area contributed by atoms with Crippen LogP contribution in [0.2, 0.25) is 0 Å². The summed E-state index contributed by atoms with van der Waals surface area (Å²) >= 11 is 0. The third-order valence-electron chi connectivity index (χ3n) is 3.44. The summed E-state index contributed by atoms with van der Waals surface area (Å²) in [6.07, 6.45) is 0.901. The van der Waals surface area contributed by atoms with Crippen molar-refractivity contribution < 1.29 is 9.90 Å². The van der Waals surface area contributed by atoms with Gasteiger partial charge in [-0.2, -0.15) is 0 Å². The van der Waals surface area contributed by atoms with Crippen LogP contribution >= 0.6 is 0 Å². The molecule has 1 amide bonds. The smallest absolute Gasteiger partial charge is 0.246 e. The Morgan fingerprint density at radius 3 is 2.94 bits per heavy atom. The van der Waals surface area contributed by atoms with E-state index in [1.54, 1.807) is 0 Å². The molecular formula is C14H20N2O2. The van der Waals surface area contributed by atoms with Crippen LogP contribution in [-0.2, 0) is 11.2 Å². The molecule has 2 N–H and O–H groups in total. The lowest BCUT2D eigenvalue weighted by atomic mass is 10.0. The molecule has 1 unspecified atom stereocenters. The molecule has 2 rings (SSSR count). The van der Waals surface area contributed by atoms with Gasteiger partial charge in [0.1, 0.15) is 6.04 Å². The number of para-hydroxylation sites is 1. The first-order valence-corrected chi connectivity index (χ1v) is 6.43. The van der Waals surface area contributed by atoms with Crippen molar-refractivity contribution in [3.8, 4) is 0 Å². The summed E-state index contributed by atoms with van der Waals surface area (Å²) in [6.45, 7) is 5.34. The van der Waals surface area contributed by atoms with Crippen LogP contribution in [0, 0.1) is 6.92 Å². The zero-order chi connectivity index (χ0) is 13.1. The summed E-state index contributed by atoms with van der Waals surface area (Å²) in [5.74, 6) is -0.0345. The second-order valence-electron chi connectivity index (χ2n) is 4.62. The number of nitrogens with one attached hydrogen (secondary N) is 1. The maximum absolute atomic E-state index is 12.3. The van der Waals surface area contributed by atoms with Gasteiger partial charge in [0.25, 0.3) is 0 Å². The number of amides is 1. The number of anilines is 1. The number of aryl methyl sites for hydroxylation is 2. The first-order chi connectivity index (χ1) is 8.69. The van der Waals surface area contributed by atoms with Crippen LogP contribution in [0.4, 0.5) is 5.69 Å². The van der Waals surface area contributed by atoms with Gasteiger partial charge >= 0.3 is 0 Å². The van der Waals surface area contributed by atoms with Gasteiger partial charge in [0.2, 0.25) is 5.91 Å². The number of rotatable bonds is 3. The van der Waals surface area contributed by atoms with Gasteiger partial charge in [0.15, 0.2) is 0 Å². The van der Waals surface area contributed by atoms with E-state index in [-0.39, 0.29) is 12.5 Å². The number of hydrogen-bond donors (Lipinski definition) is 2. The Morgan fingerprint density at radius 1 is 1.50 bits per heavy atom. The Balaban J connectivity index is 2.38.